The van der Waals surface area contributed by atoms with Gasteiger partial charge >= 0.3 is 6.36 Å². The van der Waals surface area contributed by atoms with Crippen molar-refractivity contribution in [1.82, 2.24) is 5.32 Å². The highest BCUT2D eigenvalue weighted by Crippen LogP contribution is 2.29. The molecular formula is C9H10ClF3N2O3. The summed E-state index contributed by atoms with van der Waals surface area (Å²) in [5.41, 5.74) is -0.219. The van der Waals surface area contributed by atoms with Crippen molar-refractivity contribution in [2.75, 3.05) is 7.05 Å². The summed E-state index contributed by atoms with van der Waals surface area (Å²) >= 11 is 0. The molecule has 0 aliphatic rings. The number of nitro groups is 1. The number of halogens is 4. The molecule has 0 heterocycles. The van der Waals surface area contributed by atoms with Crippen molar-refractivity contribution in [1.29, 1.82) is 0 Å². The molecule has 1 N–H and O–H groups in total. The molecular weight excluding hydrogens is 277 g/mol. The summed E-state index contributed by atoms with van der Waals surface area (Å²) in [4.78, 5) is 9.79. The predicted octanol–water partition coefficient (Wildman–Crippen LogP) is 2.63. The highest BCUT2D eigenvalue weighted by atomic mass is 35.5. The fourth-order valence-corrected chi connectivity index (χ4v) is 1.23. The van der Waals surface area contributed by atoms with Crippen LogP contribution in [0.15, 0.2) is 18.2 Å². The van der Waals surface area contributed by atoms with Crippen molar-refractivity contribution in [2.24, 2.45) is 0 Å². The fourth-order valence-electron chi connectivity index (χ4n) is 1.23. The van der Waals surface area contributed by atoms with E-state index in [2.05, 4.69) is 10.1 Å². The summed E-state index contributed by atoms with van der Waals surface area (Å²) in [6.07, 6.45) is -4.82. The van der Waals surface area contributed by atoms with Gasteiger partial charge in [0.15, 0.2) is 0 Å². The number of benzene rings is 1. The standard InChI is InChI=1S/C9H9F3N2O3.ClH/c1-13-5-6-4-7(14(15)16)2-3-8(6)17-9(10,11)12;/h2-4,13H,5H2,1H3;1H. The van der Waals surface area contributed by atoms with Gasteiger partial charge in [0.1, 0.15) is 5.75 Å². The molecule has 0 saturated heterocycles. The summed E-state index contributed by atoms with van der Waals surface area (Å²) in [7, 11) is 1.51. The van der Waals surface area contributed by atoms with E-state index >= 15 is 0 Å². The van der Waals surface area contributed by atoms with Crippen LogP contribution < -0.4 is 10.1 Å². The van der Waals surface area contributed by atoms with Crippen LogP contribution in [0.3, 0.4) is 0 Å². The van der Waals surface area contributed by atoms with Crippen LogP contribution in [0.4, 0.5) is 18.9 Å². The molecule has 5 nitrogen and oxygen atoms in total. The van der Waals surface area contributed by atoms with E-state index in [0.29, 0.717) is 0 Å². The van der Waals surface area contributed by atoms with Crippen LogP contribution in [-0.2, 0) is 6.54 Å². The number of alkyl halides is 3. The van der Waals surface area contributed by atoms with Crippen molar-refractivity contribution in [3.8, 4) is 5.75 Å². The highest BCUT2D eigenvalue weighted by Gasteiger charge is 2.32. The Morgan fingerprint density at radius 2 is 2.06 bits per heavy atom. The van der Waals surface area contributed by atoms with E-state index in [0.717, 1.165) is 18.2 Å². The molecule has 0 spiro atoms. The first-order valence-electron chi connectivity index (χ1n) is 4.51. The van der Waals surface area contributed by atoms with Crippen LogP contribution in [0.5, 0.6) is 5.75 Å². The van der Waals surface area contributed by atoms with E-state index in [1.54, 1.807) is 0 Å². The zero-order valence-electron chi connectivity index (χ0n) is 9.15. The van der Waals surface area contributed by atoms with Crippen molar-refractivity contribution in [3.05, 3.63) is 33.9 Å². The average molecular weight is 287 g/mol. The average Bonchev–Trinajstić information content (AvgIpc) is 2.18. The van der Waals surface area contributed by atoms with Gasteiger partial charge in [0.05, 0.1) is 4.92 Å². The molecule has 0 fully saturated rings. The molecule has 0 radical (unpaired) electrons. The Bertz CT molecular complexity index is 426. The number of ether oxygens (including phenoxy) is 1. The van der Waals surface area contributed by atoms with Gasteiger partial charge < -0.3 is 10.1 Å². The normalized spacial score (nSPS) is 10.7. The zero-order valence-corrected chi connectivity index (χ0v) is 9.97. The molecule has 0 amide bonds. The van der Waals surface area contributed by atoms with Gasteiger partial charge in [-0.25, -0.2) is 0 Å². The van der Waals surface area contributed by atoms with Crippen molar-refractivity contribution in [2.45, 2.75) is 12.9 Å². The summed E-state index contributed by atoms with van der Waals surface area (Å²) in [5.74, 6) is -0.447. The topological polar surface area (TPSA) is 64.4 Å². The minimum atomic E-state index is -4.82. The summed E-state index contributed by atoms with van der Waals surface area (Å²) in [6.45, 7) is 0.0348. The second-order valence-electron chi connectivity index (χ2n) is 3.13. The number of non-ortho nitro benzene ring substituents is 1. The van der Waals surface area contributed by atoms with Crippen LogP contribution in [-0.4, -0.2) is 18.3 Å². The largest absolute Gasteiger partial charge is 0.573 e. The SMILES string of the molecule is CNCc1cc([N+](=O)[O-])ccc1OC(F)(F)F.Cl. The first kappa shape index (κ1) is 16.5. The smallest absolute Gasteiger partial charge is 0.405 e. The zero-order chi connectivity index (χ0) is 13.1. The van der Waals surface area contributed by atoms with E-state index in [9.17, 15) is 23.3 Å². The minimum Gasteiger partial charge on any atom is -0.405 e. The molecule has 0 unspecified atom stereocenters. The first-order valence-corrected chi connectivity index (χ1v) is 4.51. The van der Waals surface area contributed by atoms with Crippen molar-refractivity contribution < 1.29 is 22.8 Å². The summed E-state index contributed by atoms with van der Waals surface area (Å²) in [6, 6.07) is 2.93. The number of hydrogen-bond acceptors (Lipinski definition) is 4. The number of hydrogen-bond donors (Lipinski definition) is 1. The minimum absolute atomic E-state index is 0. The summed E-state index contributed by atoms with van der Waals surface area (Å²) in [5, 5.41) is 13.1. The lowest BCUT2D eigenvalue weighted by molar-refractivity contribution is -0.385. The van der Waals surface area contributed by atoms with Crippen LogP contribution in [0, 0.1) is 10.1 Å². The van der Waals surface area contributed by atoms with Gasteiger partial charge in [-0.2, -0.15) is 0 Å². The Hall–Kier alpha value is -1.54. The van der Waals surface area contributed by atoms with Crippen LogP contribution in [0.2, 0.25) is 0 Å². The van der Waals surface area contributed by atoms with Gasteiger partial charge in [-0.05, 0) is 13.1 Å². The van der Waals surface area contributed by atoms with Gasteiger partial charge in [0, 0.05) is 24.2 Å². The van der Waals surface area contributed by atoms with Gasteiger partial charge in [-0.3, -0.25) is 10.1 Å². The molecule has 0 atom stereocenters. The predicted molar refractivity (Wildman–Crippen MR) is 59.8 cm³/mol. The number of nitro benzene ring substituents is 1. The second kappa shape index (κ2) is 6.41. The molecule has 1 aromatic rings. The van der Waals surface area contributed by atoms with Crippen molar-refractivity contribution >= 4 is 18.1 Å². The number of nitrogens with one attached hydrogen (secondary N) is 1. The Kier molecular flexibility index (Phi) is 5.86. The molecule has 0 aliphatic carbocycles. The maximum atomic E-state index is 12.0. The van der Waals surface area contributed by atoms with Gasteiger partial charge in [-0.15, -0.1) is 25.6 Å². The van der Waals surface area contributed by atoms with Crippen LogP contribution >= 0.6 is 12.4 Å². The third-order valence-corrected chi connectivity index (χ3v) is 1.85. The molecule has 18 heavy (non-hydrogen) atoms. The van der Waals surface area contributed by atoms with Gasteiger partial charge in [0.25, 0.3) is 5.69 Å². The Labute approximate surface area is 106 Å². The quantitative estimate of drug-likeness (QED) is 0.682. The fraction of sp³-hybridized carbons (Fsp3) is 0.333. The molecule has 0 saturated carbocycles. The molecule has 1 aromatic carbocycles. The lowest BCUT2D eigenvalue weighted by Crippen LogP contribution is -2.19. The lowest BCUT2D eigenvalue weighted by Gasteiger charge is -2.12. The van der Waals surface area contributed by atoms with Crippen molar-refractivity contribution in [3.63, 3.8) is 0 Å². The lowest BCUT2D eigenvalue weighted by atomic mass is 10.2. The van der Waals surface area contributed by atoms with E-state index in [4.69, 9.17) is 0 Å². The van der Waals surface area contributed by atoms with Gasteiger partial charge in [-0.1, -0.05) is 0 Å². The molecule has 102 valence electrons. The van der Waals surface area contributed by atoms with Crippen LogP contribution in [0.25, 0.3) is 0 Å². The Morgan fingerprint density at radius 1 is 1.44 bits per heavy atom. The number of nitrogens with zero attached hydrogens (tertiary/aromatic N) is 1. The molecule has 0 aliphatic heterocycles. The maximum Gasteiger partial charge on any atom is 0.573 e. The Balaban J connectivity index is 0.00000289. The maximum absolute atomic E-state index is 12.0. The summed E-state index contributed by atoms with van der Waals surface area (Å²) < 4.78 is 39.9. The third kappa shape index (κ3) is 4.76. The highest BCUT2D eigenvalue weighted by molar-refractivity contribution is 5.85. The van der Waals surface area contributed by atoms with E-state index in [-0.39, 0.29) is 30.2 Å². The second-order valence-corrected chi connectivity index (χ2v) is 3.13. The van der Waals surface area contributed by atoms with E-state index in [1.807, 2.05) is 0 Å². The molecule has 0 aromatic heterocycles. The molecule has 1 rings (SSSR count). The monoisotopic (exact) mass is 286 g/mol. The Morgan fingerprint density at radius 3 is 2.50 bits per heavy atom. The van der Waals surface area contributed by atoms with E-state index < -0.39 is 17.0 Å². The number of rotatable bonds is 4. The molecule has 9 heteroatoms. The third-order valence-electron chi connectivity index (χ3n) is 1.85. The van der Waals surface area contributed by atoms with E-state index in [1.165, 1.54) is 7.05 Å². The molecule has 0 bridgehead atoms. The van der Waals surface area contributed by atoms with Crippen LogP contribution in [0.1, 0.15) is 5.56 Å². The first-order chi connectivity index (χ1) is 7.83. The van der Waals surface area contributed by atoms with Gasteiger partial charge in [0.2, 0.25) is 0 Å².